The lowest BCUT2D eigenvalue weighted by atomic mass is 10.2. The van der Waals surface area contributed by atoms with Crippen molar-refractivity contribution in [2.75, 3.05) is 22.8 Å². The number of hydrogen-bond acceptors (Lipinski definition) is 5. The molecule has 7 nitrogen and oxygen atoms in total. The zero-order valence-corrected chi connectivity index (χ0v) is 20.0. The molecular formula is C25H23ClN2O5S. The maximum atomic E-state index is 13.3. The Bertz CT molecular complexity index is 1310. The highest BCUT2D eigenvalue weighted by Gasteiger charge is 2.25. The van der Waals surface area contributed by atoms with E-state index in [1.54, 1.807) is 36.4 Å². The van der Waals surface area contributed by atoms with Crippen LogP contribution in [-0.4, -0.2) is 33.4 Å². The quantitative estimate of drug-likeness (QED) is 0.337. The van der Waals surface area contributed by atoms with Crippen LogP contribution in [0, 0.1) is 6.92 Å². The lowest BCUT2D eigenvalue weighted by Crippen LogP contribution is -2.31. The number of benzene rings is 3. The molecule has 34 heavy (non-hydrogen) atoms. The van der Waals surface area contributed by atoms with Crippen molar-refractivity contribution in [3.8, 4) is 0 Å². The van der Waals surface area contributed by atoms with Gasteiger partial charge in [-0.3, -0.25) is 9.10 Å². The number of nitrogens with zero attached hydrogens (tertiary/aromatic N) is 1. The minimum atomic E-state index is -4.03. The Morgan fingerprint density at radius 3 is 2.44 bits per heavy atom. The van der Waals surface area contributed by atoms with Gasteiger partial charge in [-0.15, -0.1) is 6.58 Å². The molecule has 9 heteroatoms. The van der Waals surface area contributed by atoms with Gasteiger partial charge in [-0.05, 0) is 61.0 Å². The van der Waals surface area contributed by atoms with Gasteiger partial charge in [-0.25, -0.2) is 13.2 Å². The molecule has 0 bridgehead atoms. The van der Waals surface area contributed by atoms with E-state index in [1.807, 2.05) is 19.1 Å². The number of anilines is 2. The van der Waals surface area contributed by atoms with Gasteiger partial charge in [-0.1, -0.05) is 41.9 Å². The van der Waals surface area contributed by atoms with Crippen molar-refractivity contribution in [3.05, 3.63) is 102 Å². The first-order chi connectivity index (χ1) is 16.2. The van der Waals surface area contributed by atoms with Gasteiger partial charge >= 0.3 is 5.97 Å². The van der Waals surface area contributed by atoms with Crippen LogP contribution in [0.3, 0.4) is 0 Å². The molecule has 0 atom stereocenters. The van der Waals surface area contributed by atoms with Gasteiger partial charge in [0.1, 0.15) is 0 Å². The summed E-state index contributed by atoms with van der Waals surface area (Å²) >= 11 is 5.92. The third kappa shape index (κ3) is 6.03. The molecule has 176 valence electrons. The van der Waals surface area contributed by atoms with E-state index < -0.39 is 28.5 Å². The average molecular weight is 499 g/mol. The van der Waals surface area contributed by atoms with E-state index in [-0.39, 0.29) is 17.0 Å². The Labute approximate surface area is 203 Å². The van der Waals surface area contributed by atoms with Crippen LogP contribution >= 0.6 is 11.6 Å². The molecule has 0 heterocycles. The fourth-order valence-electron chi connectivity index (χ4n) is 3.09. The smallest absolute Gasteiger partial charge is 0.338 e. The fourth-order valence-corrected chi connectivity index (χ4v) is 4.70. The lowest BCUT2D eigenvalue weighted by molar-refractivity contribution is -0.119. The standard InChI is InChI=1S/C25H23ClN2O5S/c1-3-15-28(21-13-11-20(26)12-14-21)34(31,32)22-9-6-8-19(16-22)25(30)33-17-24(29)27-23-10-5-4-7-18(23)2/h3-14,16H,1,15,17H2,2H3,(H,27,29). The summed E-state index contributed by atoms with van der Waals surface area (Å²) < 4.78 is 32.9. The van der Waals surface area contributed by atoms with Crippen molar-refractivity contribution in [1.29, 1.82) is 0 Å². The number of esters is 1. The van der Waals surface area contributed by atoms with Crippen LogP contribution in [0.15, 0.2) is 90.3 Å². The van der Waals surface area contributed by atoms with E-state index in [0.29, 0.717) is 16.4 Å². The molecule has 3 aromatic rings. The molecule has 0 spiro atoms. The van der Waals surface area contributed by atoms with Gasteiger partial charge in [-0.2, -0.15) is 0 Å². The van der Waals surface area contributed by atoms with E-state index in [0.717, 1.165) is 9.87 Å². The average Bonchev–Trinajstić information content (AvgIpc) is 2.83. The molecule has 1 amide bonds. The van der Waals surface area contributed by atoms with E-state index in [2.05, 4.69) is 11.9 Å². The summed E-state index contributed by atoms with van der Waals surface area (Å²) in [6, 6.07) is 19.0. The first kappa shape index (κ1) is 25.0. The highest BCUT2D eigenvalue weighted by Crippen LogP contribution is 2.26. The molecule has 0 aliphatic heterocycles. The minimum Gasteiger partial charge on any atom is -0.452 e. The Hall–Kier alpha value is -3.62. The number of aryl methyl sites for hydroxylation is 1. The third-order valence-electron chi connectivity index (χ3n) is 4.82. The number of hydrogen-bond donors (Lipinski definition) is 1. The Morgan fingerprint density at radius 1 is 1.06 bits per heavy atom. The number of nitrogens with one attached hydrogen (secondary N) is 1. The third-order valence-corrected chi connectivity index (χ3v) is 6.86. The number of carbonyl (C=O) groups excluding carboxylic acids is 2. The molecule has 3 rings (SSSR count). The fraction of sp³-hybridized carbons (Fsp3) is 0.120. The van der Waals surface area contributed by atoms with E-state index in [9.17, 15) is 18.0 Å². The zero-order chi connectivity index (χ0) is 24.7. The normalized spacial score (nSPS) is 10.9. The number of ether oxygens (including phenoxy) is 1. The van der Waals surface area contributed by atoms with Crippen LogP contribution in [0.25, 0.3) is 0 Å². The highest BCUT2D eigenvalue weighted by atomic mass is 35.5. The molecule has 1 N–H and O–H groups in total. The predicted molar refractivity (Wildman–Crippen MR) is 133 cm³/mol. The summed E-state index contributed by atoms with van der Waals surface area (Å²) in [5.41, 5.74) is 1.87. The minimum absolute atomic E-state index is 0.000532. The maximum Gasteiger partial charge on any atom is 0.338 e. The van der Waals surface area contributed by atoms with Gasteiger partial charge in [0.05, 0.1) is 22.7 Å². The molecule has 0 aromatic heterocycles. The largest absolute Gasteiger partial charge is 0.452 e. The Kier molecular flexibility index (Phi) is 8.09. The number of amides is 1. The van der Waals surface area contributed by atoms with Crippen LogP contribution < -0.4 is 9.62 Å². The molecule has 0 fully saturated rings. The zero-order valence-electron chi connectivity index (χ0n) is 18.4. The second-order valence-electron chi connectivity index (χ2n) is 7.27. The second kappa shape index (κ2) is 11.0. The van der Waals surface area contributed by atoms with E-state index in [1.165, 1.54) is 30.3 Å². The maximum absolute atomic E-state index is 13.3. The van der Waals surface area contributed by atoms with Crippen molar-refractivity contribution in [1.82, 2.24) is 0 Å². The van der Waals surface area contributed by atoms with Crippen LogP contribution in [-0.2, 0) is 19.6 Å². The van der Waals surface area contributed by atoms with Gasteiger partial charge in [0.2, 0.25) is 0 Å². The number of rotatable bonds is 9. The summed E-state index contributed by atoms with van der Waals surface area (Å²) in [5, 5.41) is 3.13. The van der Waals surface area contributed by atoms with Gasteiger partial charge in [0, 0.05) is 10.7 Å². The number of sulfonamides is 1. The van der Waals surface area contributed by atoms with Crippen molar-refractivity contribution in [3.63, 3.8) is 0 Å². The van der Waals surface area contributed by atoms with Crippen LogP contribution in [0.2, 0.25) is 5.02 Å². The van der Waals surface area contributed by atoms with E-state index >= 15 is 0 Å². The molecule has 0 saturated carbocycles. The number of halogens is 1. The number of para-hydroxylation sites is 1. The molecule has 0 aliphatic carbocycles. The molecule has 0 saturated heterocycles. The van der Waals surface area contributed by atoms with Gasteiger partial charge in [0.25, 0.3) is 15.9 Å². The van der Waals surface area contributed by atoms with Crippen LogP contribution in [0.5, 0.6) is 0 Å². The monoisotopic (exact) mass is 498 g/mol. The first-order valence-electron chi connectivity index (χ1n) is 10.2. The summed E-state index contributed by atoms with van der Waals surface area (Å²) in [4.78, 5) is 24.6. The number of carbonyl (C=O) groups is 2. The van der Waals surface area contributed by atoms with E-state index in [4.69, 9.17) is 16.3 Å². The summed E-state index contributed by atoms with van der Waals surface area (Å²) in [7, 11) is -4.03. The van der Waals surface area contributed by atoms with Gasteiger partial charge in [0.15, 0.2) is 6.61 Å². The highest BCUT2D eigenvalue weighted by molar-refractivity contribution is 7.92. The summed E-state index contributed by atoms with van der Waals surface area (Å²) in [6.45, 7) is 4.96. The summed E-state index contributed by atoms with van der Waals surface area (Å²) in [5.74, 6) is -1.33. The molecule has 3 aromatic carbocycles. The van der Waals surface area contributed by atoms with Crippen LogP contribution in [0.4, 0.5) is 11.4 Å². The second-order valence-corrected chi connectivity index (χ2v) is 9.57. The topological polar surface area (TPSA) is 92.8 Å². The molecule has 0 radical (unpaired) electrons. The van der Waals surface area contributed by atoms with Crippen molar-refractivity contribution in [2.45, 2.75) is 11.8 Å². The van der Waals surface area contributed by atoms with Crippen molar-refractivity contribution in [2.24, 2.45) is 0 Å². The van der Waals surface area contributed by atoms with Crippen molar-refractivity contribution < 1.29 is 22.7 Å². The Morgan fingerprint density at radius 2 is 1.76 bits per heavy atom. The Balaban J connectivity index is 1.75. The summed E-state index contributed by atoms with van der Waals surface area (Å²) in [6.07, 6.45) is 1.46. The van der Waals surface area contributed by atoms with Crippen molar-refractivity contribution >= 4 is 44.9 Å². The first-order valence-corrected chi connectivity index (χ1v) is 12.1. The molecule has 0 aliphatic rings. The predicted octanol–water partition coefficient (Wildman–Crippen LogP) is 4.83. The van der Waals surface area contributed by atoms with Crippen LogP contribution in [0.1, 0.15) is 15.9 Å². The van der Waals surface area contributed by atoms with Gasteiger partial charge < -0.3 is 10.1 Å². The molecule has 0 unspecified atom stereocenters. The SMILES string of the molecule is C=CCN(c1ccc(Cl)cc1)S(=O)(=O)c1cccc(C(=O)OCC(=O)Nc2ccccc2C)c1. The molecular weight excluding hydrogens is 476 g/mol. The lowest BCUT2D eigenvalue weighted by Gasteiger charge is -2.23.